The Hall–Kier alpha value is -2.64. The number of aliphatic hydroxyl groups is 1. The van der Waals surface area contributed by atoms with E-state index in [1.807, 2.05) is 0 Å². The van der Waals surface area contributed by atoms with Gasteiger partial charge in [-0.3, -0.25) is 14.4 Å². The maximum absolute atomic E-state index is 13.5. The molecule has 0 saturated carbocycles. The number of aliphatic hydroxyl groups excluding tert-OH is 1. The fourth-order valence-corrected chi connectivity index (χ4v) is 6.72. The molecule has 2 aliphatic rings. The third-order valence-corrected chi connectivity index (χ3v) is 10.1. The Morgan fingerprint density at radius 1 is 0.614 bits per heavy atom. The summed E-state index contributed by atoms with van der Waals surface area (Å²) < 4.78 is 25.3. The fraction of sp³-hybridized carbons (Fsp3) is 0. The lowest BCUT2D eigenvalue weighted by molar-refractivity contribution is 0.0925. The first-order valence-electron chi connectivity index (χ1n) is 11.4. The monoisotopic (exact) mass is 770 g/mol. The Bertz CT molecular complexity index is 2150. The molecule has 9 nitrogen and oxygen atoms in total. The molecule has 224 valence electrons. The number of carbonyl (C=O) groups excluding carboxylic acids is 3. The number of ketones is 1. The number of aromatic nitrogens is 1. The van der Waals surface area contributed by atoms with Crippen LogP contribution in [0, 0.1) is 0 Å². The molecule has 2 amide bonds. The van der Waals surface area contributed by atoms with Crippen molar-refractivity contribution in [2.45, 2.75) is 0 Å². The number of rotatable bonds is 2. The van der Waals surface area contributed by atoms with Crippen LogP contribution in [0.4, 0.5) is 5.69 Å². The average Bonchev–Trinajstić information content (AvgIpc) is 3.39. The van der Waals surface area contributed by atoms with Crippen LogP contribution in [0.25, 0.3) is 22.2 Å². The number of nitrogens with zero attached hydrogens (tertiary/aromatic N) is 2. The summed E-state index contributed by atoms with van der Waals surface area (Å²) in [5.41, 5.74) is -0.695. The Morgan fingerprint density at radius 3 is 1.57 bits per heavy atom. The van der Waals surface area contributed by atoms with Crippen LogP contribution in [-0.4, -0.2) is 40.3 Å². The zero-order chi connectivity index (χ0) is 32.5. The average molecular weight is 774 g/mol. The second-order valence-corrected chi connectivity index (χ2v) is 12.2. The Balaban J connectivity index is 0.000000906. The molecule has 1 aliphatic heterocycles. The summed E-state index contributed by atoms with van der Waals surface area (Å²) in [7, 11) is -3.11. The lowest BCUT2D eigenvalue weighted by Crippen LogP contribution is -2.29. The number of Topliss-reactive ketones (excluding diaryl/α,β-unsaturated/α-hetero) is 1. The number of benzene rings is 3. The molecule has 0 bridgehead atoms. The summed E-state index contributed by atoms with van der Waals surface area (Å²) in [5.74, 6) is -2.83. The molecule has 0 spiro atoms. The topological polar surface area (TPSA) is 139 Å². The first kappa shape index (κ1) is 32.7. The molecule has 0 atom stereocenters. The minimum atomic E-state index is -3.11. The third kappa shape index (κ3) is 4.93. The summed E-state index contributed by atoms with van der Waals surface area (Å²) in [6.45, 7) is 0. The van der Waals surface area contributed by atoms with E-state index in [1.165, 1.54) is 12.1 Å². The van der Waals surface area contributed by atoms with Gasteiger partial charge in [-0.25, -0.2) is 9.88 Å². The zero-order valence-electron chi connectivity index (χ0n) is 20.6. The van der Waals surface area contributed by atoms with Crippen LogP contribution in [0.3, 0.4) is 0 Å². The van der Waals surface area contributed by atoms with Gasteiger partial charge in [0.25, 0.3) is 11.8 Å². The van der Waals surface area contributed by atoms with Crippen LogP contribution in [0.1, 0.15) is 42.3 Å². The van der Waals surface area contributed by atoms with Crippen LogP contribution < -0.4 is 4.90 Å². The number of pyridine rings is 1. The molecule has 4 aromatic rings. The Morgan fingerprint density at radius 2 is 1.07 bits per heavy atom. The van der Waals surface area contributed by atoms with Gasteiger partial charge in [-0.2, -0.15) is 0 Å². The van der Waals surface area contributed by atoms with Crippen molar-refractivity contribution < 1.29 is 32.1 Å². The number of carbonyl (C=O) groups is 3. The van der Waals surface area contributed by atoms with Crippen LogP contribution in [0.15, 0.2) is 30.3 Å². The SMILES string of the molecule is O=C1C(c2ccc3cccc(N4C(=O)c5c(Cl)c(Cl)c(Cl)c(Cl)c5C4=O)c3n2)=C(O)c2c(Cl)c(Cl)c(Cl)c(Cl)c21.O=S(=O)=O. The van der Waals surface area contributed by atoms with Crippen LogP contribution in [0.2, 0.25) is 40.2 Å². The van der Waals surface area contributed by atoms with Gasteiger partial charge >= 0.3 is 10.6 Å². The number of allylic oxidation sites excluding steroid dienone is 1. The van der Waals surface area contributed by atoms with Crippen molar-refractivity contribution in [1.82, 2.24) is 4.98 Å². The van der Waals surface area contributed by atoms with Crippen molar-refractivity contribution in [2.75, 3.05) is 4.90 Å². The molecule has 6 rings (SSSR count). The molecular weight excluding hydrogens is 768 g/mol. The van der Waals surface area contributed by atoms with Crippen LogP contribution in [0.5, 0.6) is 0 Å². The molecule has 1 N–H and O–H groups in total. The van der Waals surface area contributed by atoms with Crippen molar-refractivity contribution in [2.24, 2.45) is 0 Å². The van der Waals surface area contributed by atoms with Crippen molar-refractivity contribution in [1.29, 1.82) is 0 Å². The number of fused-ring (bicyclic) bond motifs is 3. The molecule has 44 heavy (non-hydrogen) atoms. The fourth-order valence-electron chi connectivity index (χ4n) is 4.68. The van der Waals surface area contributed by atoms with Crippen molar-refractivity contribution in [3.8, 4) is 0 Å². The van der Waals surface area contributed by atoms with Gasteiger partial charge in [0.1, 0.15) is 5.76 Å². The second-order valence-electron chi connectivity index (χ2n) is 8.76. The van der Waals surface area contributed by atoms with E-state index in [-0.39, 0.29) is 84.9 Å². The summed E-state index contributed by atoms with van der Waals surface area (Å²) in [6.07, 6.45) is 0. The molecule has 0 unspecified atom stereocenters. The third-order valence-electron chi connectivity index (χ3n) is 6.49. The largest absolute Gasteiger partial charge is 0.506 e. The van der Waals surface area contributed by atoms with Gasteiger partial charge in [-0.05, 0) is 12.1 Å². The van der Waals surface area contributed by atoms with Crippen molar-refractivity contribution in [3.05, 3.63) is 98.5 Å². The normalized spacial score (nSPS) is 13.8. The van der Waals surface area contributed by atoms with E-state index in [0.29, 0.717) is 5.39 Å². The molecule has 0 radical (unpaired) electrons. The van der Waals surface area contributed by atoms with Crippen LogP contribution in [-0.2, 0) is 10.6 Å². The number of halogens is 8. The molecule has 1 aromatic heterocycles. The quantitative estimate of drug-likeness (QED) is 0.121. The van der Waals surface area contributed by atoms with E-state index in [4.69, 9.17) is 105 Å². The van der Waals surface area contributed by atoms with E-state index < -0.39 is 34.0 Å². The van der Waals surface area contributed by atoms with E-state index >= 15 is 0 Å². The number of hydrogen-bond acceptors (Lipinski definition) is 8. The summed E-state index contributed by atoms with van der Waals surface area (Å²) in [6, 6.07) is 7.81. The molecule has 0 fully saturated rings. The summed E-state index contributed by atoms with van der Waals surface area (Å²) in [5, 5.41) is 10.1. The number of hydrogen-bond donors (Lipinski definition) is 1. The van der Waals surface area contributed by atoms with Gasteiger partial charge in [0.2, 0.25) is 5.78 Å². The standard InChI is InChI=1S/C26H6Cl8N2O4.O3S/c27-14-10-11(15(28)19(32)18(14)31)24(38)9(23(10)37)7-5-4-6-2-1-3-8(22(6)35-7)36-25(39)12-13(26(36)40)17(30)21(34)20(33)16(12)29;1-4(2)3/h1-5,37H;. The zero-order valence-corrected chi connectivity index (χ0v) is 27.5. The van der Waals surface area contributed by atoms with Gasteiger partial charge in [0.15, 0.2) is 0 Å². The van der Waals surface area contributed by atoms with Gasteiger partial charge in [-0.15, -0.1) is 12.6 Å². The minimum absolute atomic E-state index is 0.00297. The minimum Gasteiger partial charge on any atom is -0.506 e. The summed E-state index contributed by atoms with van der Waals surface area (Å²) in [4.78, 5) is 45.8. The van der Waals surface area contributed by atoms with Gasteiger partial charge in [-0.1, -0.05) is 111 Å². The van der Waals surface area contributed by atoms with E-state index in [2.05, 4.69) is 4.98 Å². The second kappa shape index (κ2) is 11.9. The molecule has 18 heteroatoms. The lowest BCUT2D eigenvalue weighted by Gasteiger charge is -2.16. The smallest absolute Gasteiger partial charge is 0.425 e. The van der Waals surface area contributed by atoms with Crippen LogP contribution >= 0.6 is 92.8 Å². The predicted octanol–water partition coefficient (Wildman–Crippen LogP) is 8.88. The number of anilines is 1. The van der Waals surface area contributed by atoms with Gasteiger partial charge in [0, 0.05) is 5.39 Å². The molecular formula is C26H6Cl8N2O7S. The molecule has 2 heterocycles. The van der Waals surface area contributed by atoms with Crippen molar-refractivity contribution in [3.63, 3.8) is 0 Å². The first-order chi connectivity index (χ1) is 20.6. The maximum Gasteiger partial charge on any atom is 0.425 e. The number of para-hydroxylation sites is 1. The summed E-state index contributed by atoms with van der Waals surface area (Å²) >= 11 is 49.7. The van der Waals surface area contributed by atoms with Gasteiger partial charge < -0.3 is 5.11 Å². The predicted molar refractivity (Wildman–Crippen MR) is 169 cm³/mol. The Labute approximate surface area is 287 Å². The van der Waals surface area contributed by atoms with Gasteiger partial charge in [0.05, 0.1) is 84.9 Å². The van der Waals surface area contributed by atoms with E-state index in [0.717, 1.165) is 4.90 Å². The number of imide groups is 1. The molecule has 0 saturated heterocycles. The highest BCUT2D eigenvalue weighted by Crippen LogP contribution is 2.50. The number of amides is 2. The first-order valence-corrected chi connectivity index (χ1v) is 15.4. The lowest BCUT2D eigenvalue weighted by atomic mass is 10.0. The van der Waals surface area contributed by atoms with E-state index in [1.54, 1.807) is 18.2 Å². The van der Waals surface area contributed by atoms with Crippen molar-refractivity contribution >= 4 is 149 Å². The maximum atomic E-state index is 13.5. The van der Waals surface area contributed by atoms with E-state index in [9.17, 15) is 19.5 Å². The Kier molecular flexibility index (Phi) is 8.89. The highest BCUT2D eigenvalue weighted by Gasteiger charge is 2.43. The highest BCUT2D eigenvalue weighted by atomic mass is 35.5. The molecule has 1 aliphatic carbocycles. The molecule has 3 aromatic carbocycles. The highest BCUT2D eigenvalue weighted by molar-refractivity contribution is 7.59.